The summed E-state index contributed by atoms with van der Waals surface area (Å²) in [6.07, 6.45) is -1.13. The molecule has 1 saturated carbocycles. The first-order valence-corrected chi connectivity index (χ1v) is 6.70. The third-order valence-corrected chi connectivity index (χ3v) is 3.45. The number of halogens is 3. The largest absolute Gasteiger partial charge is 0.573 e. The molecule has 2 N–H and O–H groups in total. The highest BCUT2D eigenvalue weighted by Gasteiger charge is 2.31. The van der Waals surface area contributed by atoms with Gasteiger partial charge in [0.25, 0.3) is 0 Å². The lowest BCUT2D eigenvalue weighted by Crippen LogP contribution is -2.41. The number of ether oxygens (including phenoxy) is 1. The van der Waals surface area contributed by atoms with Crippen LogP contribution in [0.25, 0.3) is 0 Å². The Bertz CT molecular complexity index is 419. The molecule has 0 amide bonds. The summed E-state index contributed by atoms with van der Waals surface area (Å²) in [6.45, 7) is 0.522. The van der Waals surface area contributed by atoms with Gasteiger partial charge in [-0.3, -0.25) is 0 Å². The second kappa shape index (κ2) is 6.45. The predicted molar refractivity (Wildman–Crippen MR) is 68.2 cm³/mol. The van der Waals surface area contributed by atoms with E-state index in [1.54, 1.807) is 12.1 Å². The Labute approximate surface area is 115 Å². The number of benzene rings is 1. The fourth-order valence-corrected chi connectivity index (χ4v) is 2.41. The van der Waals surface area contributed by atoms with Crippen molar-refractivity contribution in [3.05, 3.63) is 29.8 Å². The number of aliphatic hydroxyl groups excluding tert-OH is 1. The fourth-order valence-electron chi connectivity index (χ4n) is 2.41. The molecule has 0 heterocycles. The van der Waals surface area contributed by atoms with E-state index in [4.69, 9.17) is 0 Å². The SMILES string of the molecule is OC1CCCCC1NCc1ccc(OC(F)(F)F)cc1. The number of nitrogens with one attached hydrogen (secondary N) is 1. The van der Waals surface area contributed by atoms with Crippen LogP contribution in [0.1, 0.15) is 31.2 Å². The molecule has 1 aliphatic rings. The van der Waals surface area contributed by atoms with Crippen LogP contribution in [0.4, 0.5) is 13.2 Å². The maximum Gasteiger partial charge on any atom is 0.573 e. The van der Waals surface area contributed by atoms with Crippen LogP contribution in [0.3, 0.4) is 0 Å². The van der Waals surface area contributed by atoms with Crippen LogP contribution < -0.4 is 10.1 Å². The van der Waals surface area contributed by atoms with E-state index in [0.29, 0.717) is 6.54 Å². The van der Waals surface area contributed by atoms with Crippen molar-refractivity contribution in [2.45, 2.75) is 50.7 Å². The zero-order valence-corrected chi connectivity index (χ0v) is 11.0. The monoisotopic (exact) mass is 289 g/mol. The Morgan fingerprint density at radius 2 is 1.80 bits per heavy atom. The fraction of sp³-hybridized carbons (Fsp3) is 0.571. The van der Waals surface area contributed by atoms with Gasteiger partial charge in [0.2, 0.25) is 0 Å². The van der Waals surface area contributed by atoms with E-state index in [1.807, 2.05) is 0 Å². The Balaban J connectivity index is 1.84. The van der Waals surface area contributed by atoms with Gasteiger partial charge < -0.3 is 15.2 Å². The third-order valence-electron chi connectivity index (χ3n) is 3.45. The molecule has 2 rings (SSSR count). The van der Waals surface area contributed by atoms with Crippen molar-refractivity contribution in [3.8, 4) is 5.75 Å². The Hall–Kier alpha value is -1.27. The first-order chi connectivity index (χ1) is 9.44. The summed E-state index contributed by atoms with van der Waals surface area (Å²) >= 11 is 0. The highest BCUT2D eigenvalue weighted by Crippen LogP contribution is 2.23. The lowest BCUT2D eigenvalue weighted by molar-refractivity contribution is -0.274. The normalized spacial score (nSPS) is 23.6. The molecule has 2 unspecified atom stereocenters. The average Bonchev–Trinajstić information content (AvgIpc) is 2.38. The van der Waals surface area contributed by atoms with Crippen LogP contribution in [0.5, 0.6) is 5.75 Å². The van der Waals surface area contributed by atoms with E-state index in [1.165, 1.54) is 12.1 Å². The minimum atomic E-state index is -4.66. The minimum Gasteiger partial charge on any atom is -0.406 e. The van der Waals surface area contributed by atoms with E-state index in [2.05, 4.69) is 10.1 Å². The standard InChI is InChI=1S/C14H18F3NO2/c15-14(16,17)20-11-7-5-10(6-8-11)9-18-12-3-1-2-4-13(12)19/h5-8,12-13,18-19H,1-4,9H2. The molecular formula is C14H18F3NO2. The molecule has 3 nitrogen and oxygen atoms in total. The lowest BCUT2D eigenvalue weighted by atomic mass is 9.92. The molecule has 0 spiro atoms. The maximum absolute atomic E-state index is 12.0. The second-order valence-electron chi connectivity index (χ2n) is 5.03. The number of rotatable bonds is 4. The number of aliphatic hydroxyl groups is 1. The van der Waals surface area contributed by atoms with E-state index in [9.17, 15) is 18.3 Å². The molecule has 0 saturated heterocycles. The summed E-state index contributed by atoms with van der Waals surface area (Å²) in [6, 6.07) is 5.82. The van der Waals surface area contributed by atoms with Crippen molar-refractivity contribution < 1.29 is 23.0 Å². The topological polar surface area (TPSA) is 41.5 Å². The molecule has 6 heteroatoms. The minimum absolute atomic E-state index is 0.0647. The van der Waals surface area contributed by atoms with Crippen LogP contribution in [0.2, 0.25) is 0 Å². The van der Waals surface area contributed by atoms with Crippen molar-refractivity contribution in [2.24, 2.45) is 0 Å². The molecule has 1 aliphatic carbocycles. The Morgan fingerprint density at radius 3 is 2.40 bits per heavy atom. The van der Waals surface area contributed by atoms with Crippen LogP contribution in [0, 0.1) is 0 Å². The molecule has 20 heavy (non-hydrogen) atoms. The molecule has 1 aromatic carbocycles. The zero-order valence-electron chi connectivity index (χ0n) is 11.0. The van der Waals surface area contributed by atoms with Gasteiger partial charge in [0.15, 0.2) is 0 Å². The van der Waals surface area contributed by atoms with E-state index in [0.717, 1.165) is 31.2 Å². The zero-order chi connectivity index (χ0) is 14.6. The molecule has 112 valence electrons. The molecule has 2 atom stereocenters. The number of hydrogen-bond donors (Lipinski definition) is 2. The number of alkyl halides is 3. The summed E-state index contributed by atoms with van der Waals surface area (Å²) in [5, 5.41) is 13.1. The lowest BCUT2D eigenvalue weighted by Gasteiger charge is -2.28. The van der Waals surface area contributed by atoms with Crippen LogP contribution in [-0.4, -0.2) is 23.6 Å². The molecular weight excluding hydrogens is 271 g/mol. The third kappa shape index (κ3) is 4.68. The molecule has 0 aliphatic heterocycles. The van der Waals surface area contributed by atoms with Gasteiger partial charge in [0, 0.05) is 12.6 Å². The summed E-state index contributed by atoms with van der Waals surface area (Å²) in [7, 11) is 0. The maximum atomic E-state index is 12.0. The van der Waals surface area contributed by atoms with Crippen molar-refractivity contribution >= 4 is 0 Å². The molecule has 0 aromatic heterocycles. The van der Waals surface area contributed by atoms with E-state index >= 15 is 0 Å². The first-order valence-electron chi connectivity index (χ1n) is 6.70. The van der Waals surface area contributed by atoms with Crippen LogP contribution in [-0.2, 0) is 6.54 Å². The van der Waals surface area contributed by atoms with Gasteiger partial charge in [-0.05, 0) is 30.5 Å². The highest BCUT2D eigenvalue weighted by atomic mass is 19.4. The van der Waals surface area contributed by atoms with Gasteiger partial charge in [-0.15, -0.1) is 13.2 Å². The van der Waals surface area contributed by atoms with Gasteiger partial charge >= 0.3 is 6.36 Å². The molecule has 1 aromatic rings. The Kier molecular flexibility index (Phi) is 4.88. The molecule has 0 bridgehead atoms. The van der Waals surface area contributed by atoms with Gasteiger partial charge in [-0.2, -0.15) is 0 Å². The summed E-state index contributed by atoms with van der Waals surface area (Å²) in [5.41, 5.74) is 0.859. The van der Waals surface area contributed by atoms with E-state index < -0.39 is 6.36 Å². The van der Waals surface area contributed by atoms with Gasteiger partial charge in [0.1, 0.15) is 5.75 Å². The average molecular weight is 289 g/mol. The van der Waals surface area contributed by atoms with Gasteiger partial charge in [0.05, 0.1) is 6.10 Å². The quantitative estimate of drug-likeness (QED) is 0.895. The highest BCUT2D eigenvalue weighted by molar-refractivity contribution is 5.27. The summed E-state index contributed by atoms with van der Waals surface area (Å²) in [5.74, 6) is -0.223. The van der Waals surface area contributed by atoms with Crippen molar-refractivity contribution in [3.63, 3.8) is 0 Å². The van der Waals surface area contributed by atoms with E-state index in [-0.39, 0.29) is 17.9 Å². The van der Waals surface area contributed by atoms with Crippen LogP contribution in [0.15, 0.2) is 24.3 Å². The van der Waals surface area contributed by atoms with Crippen LogP contribution >= 0.6 is 0 Å². The first kappa shape index (κ1) is 15.1. The van der Waals surface area contributed by atoms with Gasteiger partial charge in [-0.1, -0.05) is 25.0 Å². The second-order valence-corrected chi connectivity index (χ2v) is 5.03. The molecule has 1 fully saturated rings. The number of hydrogen-bond acceptors (Lipinski definition) is 3. The van der Waals surface area contributed by atoms with Crippen molar-refractivity contribution in [1.82, 2.24) is 5.32 Å². The van der Waals surface area contributed by atoms with Crippen molar-refractivity contribution in [2.75, 3.05) is 0 Å². The smallest absolute Gasteiger partial charge is 0.406 e. The Morgan fingerprint density at radius 1 is 1.15 bits per heavy atom. The van der Waals surface area contributed by atoms with Gasteiger partial charge in [-0.25, -0.2) is 0 Å². The summed E-state index contributed by atoms with van der Waals surface area (Å²) < 4.78 is 39.8. The predicted octanol–water partition coefficient (Wildman–Crippen LogP) is 2.98. The molecule has 0 radical (unpaired) electrons. The summed E-state index contributed by atoms with van der Waals surface area (Å²) in [4.78, 5) is 0. The van der Waals surface area contributed by atoms with Crippen molar-refractivity contribution in [1.29, 1.82) is 0 Å².